The number of aliphatic hydroxyl groups is 1. The fraction of sp³-hybridized carbons (Fsp3) is 0.678. The van der Waals surface area contributed by atoms with E-state index in [4.69, 9.17) is 37.0 Å². The molecule has 2 unspecified atom stereocenters. The molecule has 17 nitrogen and oxygen atoms in total. The lowest BCUT2D eigenvalue weighted by molar-refractivity contribution is -0.161. The molecular weight excluding hydrogens is 1380 g/mol. The summed E-state index contributed by atoms with van der Waals surface area (Å²) in [5.74, 6) is -2.32. The molecule has 3 N–H and O–H groups in total. The lowest BCUT2D eigenvalue weighted by atomic mass is 10.0. The van der Waals surface area contributed by atoms with Crippen molar-refractivity contribution in [3.8, 4) is 0 Å². The number of rotatable bonds is 76. The number of hydrogen-bond donors (Lipinski definition) is 3. The summed E-state index contributed by atoms with van der Waals surface area (Å²) in [5.41, 5.74) is 0. The number of allylic oxidation sites excluding steroid dienone is 24. The maximum Gasteiger partial charge on any atom is 0.472 e. The van der Waals surface area contributed by atoms with Gasteiger partial charge in [-0.25, -0.2) is 9.13 Å². The summed E-state index contributed by atoms with van der Waals surface area (Å²) in [5, 5.41) is 10.6. The Labute approximate surface area is 643 Å². The van der Waals surface area contributed by atoms with Crippen LogP contribution in [0.25, 0.3) is 0 Å². The van der Waals surface area contributed by atoms with Crippen molar-refractivity contribution in [1.29, 1.82) is 0 Å². The van der Waals surface area contributed by atoms with Gasteiger partial charge in [-0.15, -0.1) is 0 Å². The number of ether oxygens (including phenoxy) is 4. The van der Waals surface area contributed by atoms with Crippen LogP contribution in [0.1, 0.15) is 323 Å². The van der Waals surface area contributed by atoms with Gasteiger partial charge < -0.3 is 33.8 Å². The van der Waals surface area contributed by atoms with Gasteiger partial charge in [0.2, 0.25) is 0 Å². The van der Waals surface area contributed by atoms with Gasteiger partial charge in [0, 0.05) is 25.7 Å². The Morgan fingerprint density at radius 1 is 0.274 bits per heavy atom. The Morgan fingerprint density at radius 3 is 0.840 bits per heavy atom. The van der Waals surface area contributed by atoms with E-state index in [1.807, 2.05) is 18.2 Å². The second kappa shape index (κ2) is 78.1. The third-order valence-electron chi connectivity index (χ3n) is 16.8. The molecule has 0 aromatic rings. The number of aliphatic hydroxyl groups excluding tert-OH is 1. The first-order chi connectivity index (χ1) is 51.7. The van der Waals surface area contributed by atoms with Gasteiger partial charge in [-0.1, -0.05) is 302 Å². The molecule has 0 amide bonds. The molecule has 0 aliphatic heterocycles. The molecule has 0 aliphatic rings. The van der Waals surface area contributed by atoms with Crippen LogP contribution < -0.4 is 0 Å². The Morgan fingerprint density at radius 2 is 0.509 bits per heavy atom. The van der Waals surface area contributed by atoms with Crippen molar-refractivity contribution < 1.29 is 80.2 Å². The minimum Gasteiger partial charge on any atom is -0.462 e. The molecule has 106 heavy (non-hydrogen) atoms. The SMILES string of the molecule is CC/C=C\C/C=C\C/C=C\C/C=C\C/C=C\CCCCCC(=O)OC[C@H](COP(=O)(O)OC[C@@H](O)COP(=O)(O)OC[C@@H](COC(=O)CCCCCCCCCCCCCCC)OC(=O)CCCCCCC/C=C\C/C=C\CCCCC)OC(=O)CC/C=C\C/C=C\C/C=C\C/C=C\C/C=C\CCCCC. The second-order valence-electron chi connectivity index (χ2n) is 27.0. The van der Waals surface area contributed by atoms with Crippen LogP contribution in [0.4, 0.5) is 0 Å². The molecule has 0 aromatic carbocycles. The predicted octanol–water partition coefficient (Wildman–Crippen LogP) is 24.2. The maximum absolute atomic E-state index is 13.1. The van der Waals surface area contributed by atoms with E-state index < -0.39 is 97.5 Å². The molecule has 0 heterocycles. The van der Waals surface area contributed by atoms with Crippen LogP contribution in [-0.4, -0.2) is 96.7 Å². The van der Waals surface area contributed by atoms with Crippen molar-refractivity contribution in [2.75, 3.05) is 39.6 Å². The topological polar surface area (TPSA) is 237 Å². The largest absolute Gasteiger partial charge is 0.472 e. The van der Waals surface area contributed by atoms with Crippen LogP contribution in [0, 0.1) is 0 Å². The van der Waals surface area contributed by atoms with Crippen LogP contribution in [0.3, 0.4) is 0 Å². The molecular formula is C87H146O17P2. The number of esters is 4. The predicted molar refractivity (Wildman–Crippen MR) is 436 cm³/mol. The molecule has 0 rings (SSSR count). The van der Waals surface area contributed by atoms with Gasteiger partial charge in [0.05, 0.1) is 26.4 Å². The molecule has 0 radical (unpaired) electrons. The summed E-state index contributed by atoms with van der Waals surface area (Å²) in [6.07, 6.45) is 89.8. The van der Waals surface area contributed by atoms with Crippen LogP contribution in [0.2, 0.25) is 0 Å². The first-order valence-corrected chi connectivity index (χ1v) is 44.1. The van der Waals surface area contributed by atoms with E-state index in [1.165, 1.54) is 96.3 Å². The van der Waals surface area contributed by atoms with E-state index in [1.54, 1.807) is 0 Å². The molecule has 19 heteroatoms. The summed E-state index contributed by atoms with van der Waals surface area (Å²) < 4.78 is 68.6. The van der Waals surface area contributed by atoms with E-state index in [2.05, 4.69) is 155 Å². The fourth-order valence-electron chi connectivity index (χ4n) is 10.6. The third-order valence-corrected chi connectivity index (χ3v) is 18.7. The van der Waals surface area contributed by atoms with E-state index in [0.717, 1.165) is 141 Å². The highest BCUT2D eigenvalue weighted by Crippen LogP contribution is 2.45. The highest BCUT2D eigenvalue weighted by molar-refractivity contribution is 7.47. The van der Waals surface area contributed by atoms with Gasteiger partial charge >= 0.3 is 39.5 Å². The zero-order valence-electron chi connectivity index (χ0n) is 66.3. The van der Waals surface area contributed by atoms with Crippen LogP contribution in [0.5, 0.6) is 0 Å². The molecule has 0 saturated carbocycles. The molecule has 0 spiro atoms. The Hall–Kier alpha value is -5.06. The number of hydrogen-bond acceptors (Lipinski definition) is 15. The lowest BCUT2D eigenvalue weighted by Gasteiger charge is -2.21. The molecule has 0 bridgehead atoms. The minimum atomic E-state index is -5.01. The first-order valence-electron chi connectivity index (χ1n) is 41.1. The summed E-state index contributed by atoms with van der Waals surface area (Å²) >= 11 is 0. The third kappa shape index (κ3) is 77.1. The van der Waals surface area contributed by atoms with Gasteiger partial charge in [-0.2, -0.15) is 0 Å². The van der Waals surface area contributed by atoms with E-state index in [0.29, 0.717) is 32.1 Å². The number of unbranched alkanes of at least 4 members (excludes halogenated alkanes) is 26. The second-order valence-corrected chi connectivity index (χ2v) is 29.9. The maximum atomic E-state index is 13.1. The standard InChI is InChI=1S/C87H146O17P2/c1-5-9-13-17-21-25-29-33-36-38-40-42-45-48-52-56-60-64-68-72-85(90)98-78-83(104-87(92)74-70-66-62-58-54-50-46-43-41-39-37-34-30-26-22-18-14-10-6-2)80-102-106(95,96)100-76-81(88)75-99-105(93,94)101-79-82(77-97-84(89)71-67-63-59-55-51-47-32-28-24-20-16-12-8-4)103-86(91)73-69-65-61-57-53-49-44-35-31-27-23-19-15-11-7-3/h9,13,21-23,25-27,33-37,40-44,48,50,52,54,62,66,81-83,88H,5-8,10-12,14-20,24,28-32,38-39,45-47,49,51,53,55-61,63-65,67-80H2,1-4H3,(H,93,94)(H,95,96)/b13-9-,25-21-,26-22-,27-23-,36-33-,37-34-,42-40-,43-41-,44-35-,52-48-,54-50-,66-62-/t81-,82+,83+/m0/s1. The van der Waals surface area contributed by atoms with E-state index in [9.17, 15) is 43.2 Å². The summed E-state index contributed by atoms with van der Waals surface area (Å²) in [4.78, 5) is 73.1. The van der Waals surface area contributed by atoms with Gasteiger partial charge in [0.15, 0.2) is 12.2 Å². The number of phosphoric acid groups is 2. The molecule has 0 aliphatic carbocycles. The highest BCUT2D eigenvalue weighted by atomic mass is 31.2. The Kier molecular flexibility index (Phi) is 74.3. The van der Waals surface area contributed by atoms with Crippen LogP contribution in [-0.2, 0) is 65.4 Å². The summed E-state index contributed by atoms with van der Waals surface area (Å²) in [7, 11) is -10.0. The van der Waals surface area contributed by atoms with E-state index in [-0.39, 0.29) is 25.7 Å². The van der Waals surface area contributed by atoms with Gasteiger partial charge in [-0.05, 0) is 141 Å². The van der Waals surface area contributed by atoms with Crippen LogP contribution >= 0.6 is 15.6 Å². The zero-order chi connectivity index (χ0) is 77.4. The Bertz CT molecular complexity index is 2580. The van der Waals surface area contributed by atoms with E-state index >= 15 is 0 Å². The van der Waals surface area contributed by atoms with Crippen molar-refractivity contribution in [3.05, 3.63) is 146 Å². The Balaban J connectivity index is 5.49. The molecule has 0 aromatic heterocycles. The first kappa shape index (κ1) is 101. The zero-order valence-corrected chi connectivity index (χ0v) is 68.1. The van der Waals surface area contributed by atoms with Gasteiger partial charge in [-0.3, -0.25) is 37.3 Å². The van der Waals surface area contributed by atoms with Crippen molar-refractivity contribution in [1.82, 2.24) is 0 Å². The number of carbonyl (C=O) groups excluding carboxylic acids is 4. The van der Waals surface area contributed by atoms with Crippen molar-refractivity contribution in [2.24, 2.45) is 0 Å². The average Bonchev–Trinajstić information content (AvgIpc) is 0.903. The molecule has 0 fully saturated rings. The number of phosphoric ester groups is 2. The average molecular weight is 1530 g/mol. The normalized spacial score (nSPS) is 14.6. The molecule has 5 atom stereocenters. The van der Waals surface area contributed by atoms with Gasteiger partial charge in [0.1, 0.15) is 19.3 Å². The summed E-state index contributed by atoms with van der Waals surface area (Å²) in [6.45, 7) is 4.58. The highest BCUT2D eigenvalue weighted by Gasteiger charge is 2.30. The number of carbonyl (C=O) groups is 4. The minimum absolute atomic E-state index is 0.0405. The van der Waals surface area contributed by atoms with Gasteiger partial charge in [0.25, 0.3) is 0 Å². The quantitative estimate of drug-likeness (QED) is 0.0169. The van der Waals surface area contributed by atoms with Crippen molar-refractivity contribution >= 4 is 39.5 Å². The van der Waals surface area contributed by atoms with Crippen LogP contribution in [0.15, 0.2) is 146 Å². The fourth-order valence-corrected chi connectivity index (χ4v) is 12.1. The van der Waals surface area contributed by atoms with Crippen molar-refractivity contribution in [3.63, 3.8) is 0 Å². The molecule has 0 saturated heterocycles. The monoisotopic (exact) mass is 1530 g/mol. The lowest BCUT2D eigenvalue weighted by Crippen LogP contribution is -2.30. The van der Waals surface area contributed by atoms with Crippen molar-refractivity contribution in [2.45, 2.75) is 341 Å². The molecule has 606 valence electrons. The summed E-state index contributed by atoms with van der Waals surface area (Å²) in [6, 6.07) is 0. The smallest absolute Gasteiger partial charge is 0.462 e.